The molecular weight excluding hydrogens is 225 g/mol. The van der Waals surface area contributed by atoms with E-state index in [4.69, 9.17) is 5.73 Å². The molecule has 1 heterocycles. The van der Waals surface area contributed by atoms with Crippen molar-refractivity contribution in [3.63, 3.8) is 0 Å². The Balaban J connectivity index is 2.73. The van der Waals surface area contributed by atoms with Crippen LogP contribution < -0.4 is 17.0 Å². The number of para-hydroxylation sites is 1. The number of H-pyrrole nitrogens is 1. The number of halogens is 1. The Morgan fingerprint density at radius 3 is 2.65 bits per heavy atom. The van der Waals surface area contributed by atoms with Gasteiger partial charge in [-0.25, -0.2) is 9.18 Å². The second-order valence-corrected chi connectivity index (χ2v) is 3.44. The van der Waals surface area contributed by atoms with E-state index in [1.807, 2.05) is 0 Å². The number of benzene rings is 1. The minimum atomic E-state index is -0.697. The number of aromatic amines is 1. The van der Waals surface area contributed by atoms with Gasteiger partial charge in [-0.15, -0.1) is 0 Å². The fraction of sp³-hybridized carbons (Fsp3) is 0.0909. The van der Waals surface area contributed by atoms with Crippen molar-refractivity contribution in [1.29, 1.82) is 0 Å². The Hall–Kier alpha value is -2.21. The lowest BCUT2D eigenvalue weighted by Crippen LogP contribution is -2.32. The van der Waals surface area contributed by atoms with Gasteiger partial charge < -0.3 is 5.73 Å². The molecule has 5 nitrogen and oxygen atoms in total. The summed E-state index contributed by atoms with van der Waals surface area (Å²) >= 11 is 0. The first kappa shape index (κ1) is 11.3. The number of aromatic nitrogens is 2. The smallest absolute Gasteiger partial charge is 0.326 e. The lowest BCUT2D eigenvalue weighted by Gasteiger charge is -2.07. The van der Waals surface area contributed by atoms with Gasteiger partial charge in [-0.05, 0) is 12.1 Å². The molecule has 0 unspecified atom stereocenters. The molecule has 0 amide bonds. The Morgan fingerprint density at radius 1 is 1.29 bits per heavy atom. The third-order valence-corrected chi connectivity index (χ3v) is 2.35. The van der Waals surface area contributed by atoms with Crippen LogP contribution in [0.15, 0.2) is 40.1 Å². The van der Waals surface area contributed by atoms with Crippen LogP contribution in [0.3, 0.4) is 0 Å². The van der Waals surface area contributed by atoms with Gasteiger partial charge in [-0.3, -0.25) is 14.3 Å². The third-order valence-electron chi connectivity index (χ3n) is 2.35. The highest BCUT2D eigenvalue weighted by Gasteiger charge is 2.08. The SMILES string of the molecule is NCc1cn(-c2ccccc2F)c(=O)[nH]c1=O. The third kappa shape index (κ3) is 2.02. The highest BCUT2D eigenvalue weighted by Crippen LogP contribution is 2.09. The molecule has 6 heteroatoms. The molecule has 2 rings (SSSR count). The molecule has 0 saturated heterocycles. The van der Waals surface area contributed by atoms with E-state index in [1.165, 1.54) is 24.4 Å². The van der Waals surface area contributed by atoms with Crippen LogP contribution in [0.25, 0.3) is 5.69 Å². The van der Waals surface area contributed by atoms with E-state index in [0.717, 1.165) is 4.57 Å². The topological polar surface area (TPSA) is 80.9 Å². The normalized spacial score (nSPS) is 10.5. The largest absolute Gasteiger partial charge is 0.333 e. The average molecular weight is 235 g/mol. The Morgan fingerprint density at radius 2 is 2.00 bits per heavy atom. The van der Waals surface area contributed by atoms with E-state index in [1.54, 1.807) is 6.07 Å². The van der Waals surface area contributed by atoms with E-state index >= 15 is 0 Å². The fourth-order valence-electron chi connectivity index (χ4n) is 1.48. The summed E-state index contributed by atoms with van der Waals surface area (Å²) in [5.41, 5.74) is 4.40. The molecule has 0 radical (unpaired) electrons. The number of nitrogens with two attached hydrogens (primary N) is 1. The molecule has 0 aliphatic rings. The maximum Gasteiger partial charge on any atom is 0.333 e. The second kappa shape index (κ2) is 4.34. The van der Waals surface area contributed by atoms with Gasteiger partial charge in [0.25, 0.3) is 5.56 Å². The lowest BCUT2D eigenvalue weighted by atomic mass is 10.3. The molecule has 0 spiro atoms. The van der Waals surface area contributed by atoms with Gasteiger partial charge >= 0.3 is 5.69 Å². The quantitative estimate of drug-likeness (QED) is 0.776. The monoisotopic (exact) mass is 235 g/mol. The van der Waals surface area contributed by atoms with Gasteiger partial charge in [0.15, 0.2) is 0 Å². The number of nitrogens with zero attached hydrogens (tertiary/aromatic N) is 1. The number of nitrogens with one attached hydrogen (secondary N) is 1. The van der Waals surface area contributed by atoms with Crippen molar-refractivity contribution in [1.82, 2.24) is 9.55 Å². The fourth-order valence-corrected chi connectivity index (χ4v) is 1.48. The maximum absolute atomic E-state index is 13.5. The molecule has 88 valence electrons. The summed E-state index contributed by atoms with van der Waals surface area (Å²) in [4.78, 5) is 24.9. The molecule has 1 aromatic heterocycles. The van der Waals surface area contributed by atoms with Gasteiger partial charge in [-0.1, -0.05) is 12.1 Å². The van der Waals surface area contributed by atoms with Crippen LogP contribution in [0, 0.1) is 5.82 Å². The van der Waals surface area contributed by atoms with Crippen LogP contribution in [-0.2, 0) is 6.54 Å². The van der Waals surface area contributed by atoms with E-state index in [-0.39, 0.29) is 17.8 Å². The number of hydrogen-bond donors (Lipinski definition) is 2. The molecule has 0 atom stereocenters. The lowest BCUT2D eigenvalue weighted by molar-refractivity contribution is 0.613. The standard InChI is InChI=1S/C11H10FN3O2/c12-8-3-1-2-4-9(8)15-6-7(5-13)10(16)14-11(15)17/h1-4,6H,5,13H2,(H,14,16,17). The van der Waals surface area contributed by atoms with E-state index in [2.05, 4.69) is 4.98 Å². The van der Waals surface area contributed by atoms with Crippen LogP contribution in [-0.4, -0.2) is 9.55 Å². The van der Waals surface area contributed by atoms with Crippen molar-refractivity contribution >= 4 is 0 Å². The summed E-state index contributed by atoms with van der Waals surface area (Å²) in [5, 5.41) is 0. The average Bonchev–Trinajstić information content (AvgIpc) is 2.31. The van der Waals surface area contributed by atoms with Crippen molar-refractivity contribution in [3.05, 3.63) is 62.7 Å². The predicted octanol–water partition coefficient (Wildman–Crippen LogP) is 0.124. The molecule has 2 aromatic rings. The van der Waals surface area contributed by atoms with Crippen molar-refractivity contribution in [3.8, 4) is 5.69 Å². The first-order valence-corrected chi connectivity index (χ1v) is 4.93. The Bertz CT molecular complexity index is 660. The minimum absolute atomic E-state index is 0.0237. The molecule has 0 bridgehead atoms. The predicted molar refractivity (Wildman–Crippen MR) is 60.5 cm³/mol. The zero-order valence-electron chi connectivity index (χ0n) is 8.81. The van der Waals surface area contributed by atoms with E-state index < -0.39 is 17.1 Å². The summed E-state index contributed by atoms with van der Waals surface area (Å²) in [6.07, 6.45) is 1.25. The van der Waals surface area contributed by atoms with Crippen molar-refractivity contribution in [2.24, 2.45) is 5.73 Å². The van der Waals surface area contributed by atoms with Gasteiger partial charge in [0.05, 0.1) is 5.69 Å². The van der Waals surface area contributed by atoms with Crippen LogP contribution >= 0.6 is 0 Å². The molecule has 1 aromatic carbocycles. The highest BCUT2D eigenvalue weighted by molar-refractivity contribution is 5.33. The zero-order chi connectivity index (χ0) is 12.4. The van der Waals surface area contributed by atoms with Crippen LogP contribution in [0.5, 0.6) is 0 Å². The van der Waals surface area contributed by atoms with E-state index in [0.29, 0.717) is 0 Å². The van der Waals surface area contributed by atoms with Crippen molar-refractivity contribution < 1.29 is 4.39 Å². The second-order valence-electron chi connectivity index (χ2n) is 3.44. The molecule has 0 aliphatic carbocycles. The Kier molecular flexibility index (Phi) is 2.88. The van der Waals surface area contributed by atoms with Gasteiger partial charge in [0.1, 0.15) is 5.82 Å². The molecule has 0 saturated carbocycles. The summed E-state index contributed by atoms with van der Waals surface area (Å²) in [7, 11) is 0. The first-order valence-electron chi connectivity index (χ1n) is 4.93. The summed E-state index contributed by atoms with van der Waals surface area (Å²) < 4.78 is 14.5. The molecule has 17 heavy (non-hydrogen) atoms. The van der Waals surface area contributed by atoms with Gasteiger partial charge in [-0.2, -0.15) is 0 Å². The van der Waals surface area contributed by atoms with Crippen molar-refractivity contribution in [2.45, 2.75) is 6.54 Å². The zero-order valence-corrected chi connectivity index (χ0v) is 8.81. The highest BCUT2D eigenvalue weighted by atomic mass is 19.1. The molecule has 3 N–H and O–H groups in total. The Labute approximate surface area is 95.3 Å². The summed E-state index contributed by atoms with van der Waals surface area (Å²) in [6, 6.07) is 5.78. The maximum atomic E-state index is 13.5. The van der Waals surface area contributed by atoms with Crippen LogP contribution in [0.4, 0.5) is 4.39 Å². The molecule has 0 fully saturated rings. The number of hydrogen-bond acceptors (Lipinski definition) is 3. The van der Waals surface area contributed by atoms with Gasteiger partial charge in [0, 0.05) is 18.3 Å². The minimum Gasteiger partial charge on any atom is -0.326 e. The van der Waals surface area contributed by atoms with Crippen molar-refractivity contribution in [2.75, 3.05) is 0 Å². The summed E-state index contributed by atoms with van der Waals surface area (Å²) in [6.45, 7) is -0.0237. The van der Waals surface area contributed by atoms with E-state index in [9.17, 15) is 14.0 Å². The molecule has 0 aliphatic heterocycles. The first-order chi connectivity index (χ1) is 8.13. The van der Waals surface area contributed by atoms with Crippen LogP contribution in [0.1, 0.15) is 5.56 Å². The summed E-state index contributed by atoms with van der Waals surface area (Å²) in [5.74, 6) is -0.551. The molecular formula is C11H10FN3O2. The van der Waals surface area contributed by atoms with Crippen LogP contribution in [0.2, 0.25) is 0 Å². The number of rotatable bonds is 2. The van der Waals surface area contributed by atoms with Gasteiger partial charge in [0.2, 0.25) is 0 Å².